The molecule has 0 aliphatic carbocycles. The van der Waals surface area contributed by atoms with Crippen molar-refractivity contribution >= 4 is 45.1 Å². The molecule has 9 heteroatoms. The third-order valence-electron chi connectivity index (χ3n) is 4.47. The first kappa shape index (κ1) is 18.0. The number of thiophene rings is 1. The molecule has 1 saturated heterocycles. The number of nitrogens with zero attached hydrogens (tertiary/aromatic N) is 4. The molecule has 4 rings (SSSR count). The van der Waals surface area contributed by atoms with E-state index in [-0.39, 0.29) is 17.1 Å². The first-order valence-electron chi connectivity index (χ1n) is 8.60. The zero-order chi connectivity index (χ0) is 18.8. The highest BCUT2D eigenvalue weighted by atomic mass is 32.2. The van der Waals surface area contributed by atoms with E-state index in [1.165, 1.54) is 24.4 Å². The summed E-state index contributed by atoms with van der Waals surface area (Å²) >= 11 is 3.02. The van der Waals surface area contributed by atoms with Gasteiger partial charge < -0.3 is 14.2 Å². The van der Waals surface area contributed by atoms with Crippen molar-refractivity contribution in [2.45, 2.75) is 17.2 Å². The fourth-order valence-electron chi connectivity index (χ4n) is 3.02. The lowest BCUT2D eigenvalue weighted by molar-refractivity contribution is -0.131. The van der Waals surface area contributed by atoms with Crippen molar-refractivity contribution in [3.63, 3.8) is 0 Å². The molecule has 2 amide bonds. The van der Waals surface area contributed by atoms with Gasteiger partial charge in [0.25, 0.3) is 5.91 Å². The van der Waals surface area contributed by atoms with Crippen molar-refractivity contribution in [3.05, 3.63) is 41.9 Å². The number of aromatic nitrogens is 2. The van der Waals surface area contributed by atoms with Crippen LogP contribution in [0.5, 0.6) is 0 Å². The van der Waals surface area contributed by atoms with E-state index in [0.29, 0.717) is 31.9 Å². The lowest BCUT2D eigenvalue weighted by Gasteiger charge is -2.35. The minimum absolute atomic E-state index is 0.0621. The highest BCUT2D eigenvalue weighted by Gasteiger charge is 2.29. The van der Waals surface area contributed by atoms with E-state index in [1.807, 2.05) is 23.3 Å². The Labute approximate surface area is 164 Å². The Kier molecular flexibility index (Phi) is 5.13. The molecular formula is C18H18N4O3S2. The molecule has 140 valence electrons. The average molecular weight is 403 g/mol. The minimum Gasteiger partial charge on any atom is -0.459 e. The molecule has 0 radical (unpaired) electrons. The summed E-state index contributed by atoms with van der Waals surface area (Å²) in [6.45, 7) is 3.95. The number of furan rings is 1. The normalized spacial score (nSPS) is 15.9. The van der Waals surface area contributed by atoms with E-state index in [1.54, 1.807) is 28.4 Å². The van der Waals surface area contributed by atoms with E-state index in [9.17, 15) is 9.59 Å². The number of rotatable bonds is 4. The van der Waals surface area contributed by atoms with Crippen LogP contribution in [-0.2, 0) is 4.79 Å². The van der Waals surface area contributed by atoms with Crippen molar-refractivity contribution < 1.29 is 14.0 Å². The summed E-state index contributed by atoms with van der Waals surface area (Å²) < 4.78 is 5.17. The lowest BCUT2D eigenvalue weighted by atomic mass is 10.2. The number of fused-ring (bicyclic) bond motifs is 1. The zero-order valence-corrected chi connectivity index (χ0v) is 16.3. The van der Waals surface area contributed by atoms with E-state index >= 15 is 0 Å². The Morgan fingerprint density at radius 3 is 2.70 bits per heavy atom. The van der Waals surface area contributed by atoms with Gasteiger partial charge in [0.05, 0.1) is 11.5 Å². The number of amides is 2. The second-order valence-corrected chi connectivity index (χ2v) is 8.40. The van der Waals surface area contributed by atoms with Gasteiger partial charge in [-0.3, -0.25) is 9.59 Å². The van der Waals surface area contributed by atoms with Crippen LogP contribution in [0.15, 0.2) is 45.6 Å². The lowest BCUT2D eigenvalue weighted by Crippen LogP contribution is -2.52. The number of carbonyl (C=O) groups excluding carboxylic acids is 2. The Morgan fingerprint density at radius 1 is 1.19 bits per heavy atom. The summed E-state index contributed by atoms with van der Waals surface area (Å²) in [4.78, 5) is 38.2. The molecule has 1 atom stereocenters. The van der Waals surface area contributed by atoms with E-state index in [4.69, 9.17) is 4.42 Å². The first-order valence-corrected chi connectivity index (χ1v) is 10.4. The van der Waals surface area contributed by atoms with Gasteiger partial charge in [-0.25, -0.2) is 9.97 Å². The van der Waals surface area contributed by atoms with Crippen LogP contribution in [0.3, 0.4) is 0 Å². The SMILES string of the molecule is CC(Sc1ncnc2sccc12)C(=O)N1CCN(C(=O)c2ccco2)CC1. The third kappa shape index (κ3) is 3.70. The van der Waals surface area contributed by atoms with Gasteiger partial charge in [0.1, 0.15) is 16.2 Å². The molecule has 27 heavy (non-hydrogen) atoms. The van der Waals surface area contributed by atoms with Crippen molar-refractivity contribution in [1.82, 2.24) is 19.8 Å². The molecular weight excluding hydrogens is 384 g/mol. The van der Waals surface area contributed by atoms with Gasteiger partial charge in [0, 0.05) is 31.6 Å². The van der Waals surface area contributed by atoms with Gasteiger partial charge >= 0.3 is 0 Å². The molecule has 7 nitrogen and oxygen atoms in total. The molecule has 0 aromatic carbocycles. The predicted molar refractivity (Wildman–Crippen MR) is 104 cm³/mol. The van der Waals surface area contributed by atoms with Crippen molar-refractivity contribution in [3.8, 4) is 0 Å². The molecule has 1 fully saturated rings. The van der Waals surface area contributed by atoms with Crippen molar-refractivity contribution in [2.24, 2.45) is 0 Å². The second kappa shape index (κ2) is 7.69. The van der Waals surface area contributed by atoms with Gasteiger partial charge in [-0.05, 0) is 30.5 Å². The van der Waals surface area contributed by atoms with Gasteiger partial charge in [-0.15, -0.1) is 11.3 Å². The molecule has 3 aromatic heterocycles. The Hall–Kier alpha value is -2.39. The minimum atomic E-state index is -0.254. The maximum atomic E-state index is 12.8. The smallest absolute Gasteiger partial charge is 0.289 e. The predicted octanol–water partition coefficient (Wildman–Crippen LogP) is 2.75. The third-order valence-corrected chi connectivity index (χ3v) is 6.40. The molecule has 3 aromatic rings. The number of hydrogen-bond acceptors (Lipinski definition) is 7. The summed E-state index contributed by atoms with van der Waals surface area (Å²) in [5, 5.41) is 3.54. The molecule has 1 aliphatic rings. The summed E-state index contributed by atoms with van der Waals surface area (Å²) in [7, 11) is 0. The standard InChI is InChI=1S/C18H18N4O3S2/c1-12(27-16-13-4-10-26-15(13)19-11-20-16)17(23)21-5-7-22(8-6-21)18(24)14-3-2-9-25-14/h2-4,9-12H,5-8H2,1H3. The summed E-state index contributed by atoms with van der Waals surface area (Å²) in [5.74, 6) is 0.268. The van der Waals surface area contributed by atoms with Crippen molar-refractivity contribution in [1.29, 1.82) is 0 Å². The quantitative estimate of drug-likeness (QED) is 0.493. The maximum Gasteiger partial charge on any atom is 0.289 e. The van der Waals surface area contributed by atoms with E-state index in [2.05, 4.69) is 9.97 Å². The molecule has 4 heterocycles. The fourth-order valence-corrected chi connectivity index (χ4v) is 4.80. The van der Waals surface area contributed by atoms with Crippen LogP contribution in [0.25, 0.3) is 10.2 Å². The van der Waals surface area contributed by atoms with E-state index < -0.39 is 0 Å². The highest BCUT2D eigenvalue weighted by molar-refractivity contribution is 8.00. The number of piperazine rings is 1. The molecule has 0 N–H and O–H groups in total. The summed E-state index contributed by atoms with van der Waals surface area (Å²) in [6.07, 6.45) is 3.03. The number of hydrogen-bond donors (Lipinski definition) is 0. The summed E-state index contributed by atoms with van der Waals surface area (Å²) in [6, 6.07) is 5.34. The van der Waals surface area contributed by atoms with Crippen LogP contribution in [0, 0.1) is 0 Å². The summed E-state index contributed by atoms with van der Waals surface area (Å²) in [5.41, 5.74) is 0. The van der Waals surface area contributed by atoms with E-state index in [0.717, 1.165) is 15.2 Å². The Bertz CT molecular complexity index is 949. The van der Waals surface area contributed by atoms with Gasteiger partial charge in [0.2, 0.25) is 5.91 Å². The van der Waals surface area contributed by atoms with Gasteiger partial charge in [-0.2, -0.15) is 0 Å². The molecule has 0 bridgehead atoms. The van der Waals surface area contributed by atoms with Crippen LogP contribution >= 0.6 is 23.1 Å². The molecule has 0 saturated carbocycles. The highest BCUT2D eigenvalue weighted by Crippen LogP contribution is 2.31. The van der Waals surface area contributed by atoms with Gasteiger partial charge in [-0.1, -0.05) is 11.8 Å². The van der Waals surface area contributed by atoms with Gasteiger partial charge in [0.15, 0.2) is 5.76 Å². The number of thioether (sulfide) groups is 1. The topological polar surface area (TPSA) is 79.5 Å². The van der Waals surface area contributed by atoms with Crippen LogP contribution in [0.4, 0.5) is 0 Å². The molecule has 1 aliphatic heterocycles. The fraction of sp³-hybridized carbons (Fsp3) is 0.333. The van der Waals surface area contributed by atoms with Crippen molar-refractivity contribution in [2.75, 3.05) is 26.2 Å². The molecule has 1 unspecified atom stereocenters. The van der Waals surface area contributed by atoms with Crippen LogP contribution in [0.2, 0.25) is 0 Å². The first-order chi connectivity index (χ1) is 13.1. The Morgan fingerprint density at radius 2 is 1.96 bits per heavy atom. The Balaban J connectivity index is 1.36. The van der Waals surface area contributed by atoms with Crippen LogP contribution in [-0.4, -0.2) is 63.0 Å². The molecule has 0 spiro atoms. The second-order valence-electron chi connectivity index (χ2n) is 6.17. The van der Waals surface area contributed by atoms with Crippen LogP contribution < -0.4 is 0 Å². The zero-order valence-electron chi connectivity index (χ0n) is 14.7. The average Bonchev–Trinajstić information content (AvgIpc) is 3.39. The number of carbonyl (C=O) groups is 2. The van der Waals surface area contributed by atoms with Crippen LogP contribution in [0.1, 0.15) is 17.5 Å². The maximum absolute atomic E-state index is 12.8. The monoisotopic (exact) mass is 402 g/mol. The largest absolute Gasteiger partial charge is 0.459 e.